The molecule has 4 aromatic carbocycles. The third-order valence-corrected chi connectivity index (χ3v) is 14.3. The highest BCUT2D eigenvalue weighted by Gasteiger charge is 2.59. The fourth-order valence-electron chi connectivity index (χ4n) is 6.81. The molecule has 1 amide bonds. The zero-order chi connectivity index (χ0) is 36.1. The minimum Gasteiger partial charge on any atom is -0.404 e. The molecular formula is C40H43N3O7Si. The van der Waals surface area contributed by atoms with Crippen LogP contribution in [-0.2, 0) is 20.5 Å². The lowest BCUT2D eigenvalue weighted by atomic mass is 9.96. The van der Waals surface area contributed by atoms with Gasteiger partial charge in [-0.3, -0.25) is 9.36 Å². The second-order valence-electron chi connectivity index (χ2n) is 13.7. The number of carbonyl (C=O) groups excluding carboxylic acids is 1. The summed E-state index contributed by atoms with van der Waals surface area (Å²) >= 11 is 0. The molecule has 1 saturated heterocycles. The van der Waals surface area contributed by atoms with E-state index in [-0.39, 0.29) is 24.1 Å². The van der Waals surface area contributed by atoms with E-state index in [4.69, 9.17) is 13.9 Å². The van der Waals surface area contributed by atoms with Crippen LogP contribution in [0.1, 0.15) is 42.9 Å². The summed E-state index contributed by atoms with van der Waals surface area (Å²) in [6.07, 6.45) is -2.42. The van der Waals surface area contributed by atoms with Crippen molar-refractivity contribution in [2.75, 3.05) is 18.5 Å². The fourth-order valence-corrected chi connectivity index (χ4v) is 11.4. The molecule has 0 spiro atoms. The van der Waals surface area contributed by atoms with Gasteiger partial charge in [-0.05, 0) is 39.2 Å². The lowest BCUT2D eigenvalue weighted by Crippen LogP contribution is -2.68. The van der Waals surface area contributed by atoms with Crippen molar-refractivity contribution < 1.29 is 28.9 Å². The molecular weight excluding hydrogens is 663 g/mol. The first-order chi connectivity index (χ1) is 24.6. The molecule has 0 radical (unpaired) electrons. The van der Waals surface area contributed by atoms with Crippen LogP contribution in [0.15, 0.2) is 138 Å². The van der Waals surface area contributed by atoms with Gasteiger partial charge >= 0.3 is 5.69 Å². The number of aromatic nitrogens is 2. The van der Waals surface area contributed by atoms with Gasteiger partial charge in [-0.15, -0.1) is 0 Å². The Morgan fingerprint density at radius 1 is 0.882 bits per heavy atom. The number of nitrogens with one attached hydrogen (secondary N) is 1. The third kappa shape index (κ3) is 7.36. The SMILES string of the molecule is CC(C)(C)[Si](OC[C@]1(CO)O[C@@H](n2ccc(NC(=O)c3ccccc3)nc2=O)[C@@H](O)C1OCc1ccccc1)(c1ccccc1)c1ccccc1. The number of hydrogen-bond donors (Lipinski definition) is 3. The highest BCUT2D eigenvalue weighted by Crippen LogP contribution is 2.42. The number of carbonyl (C=O) groups is 1. The Morgan fingerprint density at radius 2 is 1.43 bits per heavy atom. The second kappa shape index (κ2) is 15.2. The fraction of sp³-hybridized carbons (Fsp3) is 0.275. The van der Waals surface area contributed by atoms with Crippen LogP contribution in [-0.4, -0.2) is 65.0 Å². The molecule has 51 heavy (non-hydrogen) atoms. The predicted octanol–water partition coefficient (Wildman–Crippen LogP) is 4.28. The number of benzene rings is 4. The van der Waals surface area contributed by atoms with Crippen molar-refractivity contribution in [1.29, 1.82) is 0 Å². The van der Waals surface area contributed by atoms with Gasteiger partial charge in [-0.2, -0.15) is 4.98 Å². The number of hydrogen-bond acceptors (Lipinski definition) is 8. The van der Waals surface area contributed by atoms with Gasteiger partial charge in [-0.25, -0.2) is 4.79 Å². The Balaban J connectivity index is 1.36. The minimum absolute atomic E-state index is 0.0397. The van der Waals surface area contributed by atoms with E-state index in [1.54, 1.807) is 30.3 Å². The summed E-state index contributed by atoms with van der Waals surface area (Å²) in [5.74, 6) is -0.385. The van der Waals surface area contributed by atoms with Gasteiger partial charge in [-0.1, -0.05) is 130 Å². The number of anilines is 1. The van der Waals surface area contributed by atoms with E-state index in [0.29, 0.717) is 5.56 Å². The second-order valence-corrected chi connectivity index (χ2v) is 18.0. The van der Waals surface area contributed by atoms with Crippen LogP contribution in [0.3, 0.4) is 0 Å². The van der Waals surface area contributed by atoms with Gasteiger partial charge in [0, 0.05) is 11.8 Å². The highest BCUT2D eigenvalue weighted by atomic mass is 28.4. The van der Waals surface area contributed by atoms with Crippen LogP contribution in [0, 0.1) is 0 Å². The van der Waals surface area contributed by atoms with Crippen LogP contribution < -0.4 is 21.4 Å². The van der Waals surface area contributed by atoms with E-state index in [1.807, 2.05) is 66.7 Å². The summed E-state index contributed by atoms with van der Waals surface area (Å²) in [6, 6.07) is 39.6. The molecule has 4 atom stereocenters. The molecule has 1 unspecified atom stereocenters. The molecule has 10 nitrogen and oxygen atoms in total. The Labute approximate surface area is 298 Å². The Morgan fingerprint density at radius 3 is 1.96 bits per heavy atom. The monoisotopic (exact) mass is 705 g/mol. The smallest absolute Gasteiger partial charge is 0.351 e. The number of ether oxygens (including phenoxy) is 2. The average Bonchev–Trinajstić information content (AvgIpc) is 3.42. The van der Waals surface area contributed by atoms with Crippen LogP contribution in [0.4, 0.5) is 5.82 Å². The number of nitrogens with zero attached hydrogens (tertiary/aromatic N) is 2. The zero-order valence-electron chi connectivity index (χ0n) is 28.9. The topological polar surface area (TPSA) is 132 Å². The molecule has 1 aliphatic rings. The molecule has 0 saturated carbocycles. The lowest BCUT2D eigenvalue weighted by Gasteiger charge is -2.45. The predicted molar refractivity (Wildman–Crippen MR) is 197 cm³/mol. The van der Waals surface area contributed by atoms with Gasteiger partial charge in [0.15, 0.2) is 6.23 Å². The highest BCUT2D eigenvalue weighted by molar-refractivity contribution is 6.99. The zero-order valence-corrected chi connectivity index (χ0v) is 29.9. The van der Waals surface area contributed by atoms with E-state index in [2.05, 4.69) is 55.3 Å². The van der Waals surface area contributed by atoms with E-state index in [0.717, 1.165) is 20.5 Å². The maximum atomic E-state index is 13.5. The molecule has 6 rings (SSSR count). The molecule has 2 heterocycles. The average molecular weight is 706 g/mol. The first-order valence-electron chi connectivity index (χ1n) is 16.9. The van der Waals surface area contributed by atoms with E-state index < -0.39 is 50.6 Å². The first-order valence-corrected chi connectivity index (χ1v) is 18.8. The minimum atomic E-state index is -3.13. The van der Waals surface area contributed by atoms with Crippen molar-refractivity contribution in [2.45, 2.75) is 56.5 Å². The Kier molecular flexibility index (Phi) is 10.8. The molecule has 11 heteroatoms. The third-order valence-electron chi connectivity index (χ3n) is 9.35. The first kappa shape index (κ1) is 36.1. The van der Waals surface area contributed by atoms with Crippen molar-refractivity contribution in [3.8, 4) is 0 Å². The van der Waals surface area contributed by atoms with Gasteiger partial charge in [0.1, 0.15) is 23.6 Å². The van der Waals surface area contributed by atoms with Crippen LogP contribution in [0.25, 0.3) is 0 Å². The summed E-state index contributed by atoms with van der Waals surface area (Å²) in [5, 5.41) is 27.4. The lowest BCUT2D eigenvalue weighted by molar-refractivity contribution is -0.161. The summed E-state index contributed by atoms with van der Waals surface area (Å²) < 4.78 is 21.3. The summed E-state index contributed by atoms with van der Waals surface area (Å²) in [7, 11) is -3.13. The number of aliphatic hydroxyl groups is 2. The standard InChI is InChI=1S/C40H43N3O7Si/c1-39(2,3)51(31-20-12-6-13-21-31,32-22-14-7-15-23-32)49-28-40(27-44)35(48-26-29-16-8-4-9-17-29)34(45)37(50-40)43-25-24-33(42-38(43)47)41-36(46)30-18-10-5-11-19-30/h4-25,34-35,37,44-45H,26-28H2,1-3H3,(H,41,42,46,47)/t34-,35?,37+,40-/m0/s1. The van der Waals surface area contributed by atoms with Crippen LogP contribution in [0.2, 0.25) is 5.04 Å². The van der Waals surface area contributed by atoms with Gasteiger partial charge in [0.05, 0.1) is 19.8 Å². The van der Waals surface area contributed by atoms with Crippen molar-refractivity contribution in [2.24, 2.45) is 0 Å². The van der Waals surface area contributed by atoms with E-state index >= 15 is 0 Å². The van der Waals surface area contributed by atoms with Crippen molar-refractivity contribution in [3.05, 3.63) is 155 Å². The maximum absolute atomic E-state index is 13.5. The van der Waals surface area contributed by atoms with Crippen molar-refractivity contribution in [1.82, 2.24) is 9.55 Å². The molecule has 0 bridgehead atoms. The van der Waals surface area contributed by atoms with Crippen molar-refractivity contribution >= 4 is 30.4 Å². The summed E-state index contributed by atoms with van der Waals surface area (Å²) in [4.78, 5) is 30.3. The molecule has 5 aromatic rings. The van der Waals surface area contributed by atoms with Gasteiger partial charge in [0.2, 0.25) is 0 Å². The number of amides is 1. The Bertz CT molecular complexity index is 1920. The number of aliphatic hydroxyl groups excluding tert-OH is 2. The van der Waals surface area contributed by atoms with E-state index in [1.165, 1.54) is 12.3 Å². The molecule has 264 valence electrons. The summed E-state index contributed by atoms with van der Waals surface area (Å²) in [6.45, 7) is 5.81. The van der Waals surface area contributed by atoms with Crippen LogP contribution >= 0.6 is 0 Å². The molecule has 1 aliphatic heterocycles. The maximum Gasteiger partial charge on any atom is 0.351 e. The van der Waals surface area contributed by atoms with Gasteiger partial charge in [0.25, 0.3) is 14.2 Å². The largest absolute Gasteiger partial charge is 0.404 e. The molecule has 1 fully saturated rings. The summed E-state index contributed by atoms with van der Waals surface area (Å²) in [5.41, 5.74) is -1.10. The van der Waals surface area contributed by atoms with E-state index in [9.17, 15) is 19.8 Å². The quantitative estimate of drug-likeness (QED) is 0.164. The van der Waals surface area contributed by atoms with Crippen molar-refractivity contribution in [3.63, 3.8) is 0 Å². The van der Waals surface area contributed by atoms with Gasteiger partial charge < -0.3 is 29.4 Å². The molecule has 0 aliphatic carbocycles. The number of rotatable bonds is 12. The molecule has 3 N–H and O–H groups in total. The Hall–Kier alpha value is -4.75. The molecule has 1 aromatic heterocycles. The van der Waals surface area contributed by atoms with Crippen LogP contribution in [0.5, 0.6) is 0 Å². The normalized spacial score (nSPS) is 20.6.